The van der Waals surface area contributed by atoms with E-state index in [9.17, 15) is 0 Å². The Morgan fingerprint density at radius 1 is 0.950 bits per heavy atom. The lowest BCUT2D eigenvalue weighted by molar-refractivity contribution is 0.885. The molecule has 0 spiro atoms. The molecule has 0 aliphatic rings. The summed E-state index contributed by atoms with van der Waals surface area (Å²) >= 11 is 27.6. The van der Waals surface area contributed by atoms with Crippen molar-refractivity contribution in [2.75, 3.05) is 5.32 Å². The van der Waals surface area contributed by atoms with E-state index in [1.54, 1.807) is 6.07 Å². The van der Waals surface area contributed by atoms with Crippen LogP contribution in [0.1, 0.15) is 18.5 Å². The molecule has 1 atom stereocenters. The summed E-state index contributed by atoms with van der Waals surface area (Å²) in [7, 11) is 0. The predicted octanol–water partition coefficient (Wildman–Crippen LogP) is 7.24. The highest BCUT2D eigenvalue weighted by molar-refractivity contribution is 9.10. The molecule has 0 amide bonds. The average Bonchev–Trinajstić information content (AvgIpc) is 2.40. The third-order valence-corrected chi connectivity index (χ3v) is 5.36. The zero-order chi connectivity index (χ0) is 14.9. The third-order valence-electron chi connectivity index (χ3n) is 2.83. The topological polar surface area (TPSA) is 12.0 Å². The van der Waals surface area contributed by atoms with Gasteiger partial charge in [-0.15, -0.1) is 0 Å². The summed E-state index contributed by atoms with van der Waals surface area (Å²) in [6, 6.07) is 9.20. The van der Waals surface area contributed by atoms with Crippen LogP contribution >= 0.6 is 62.3 Å². The Bertz CT molecular complexity index is 645. The molecule has 0 aromatic heterocycles. The molecule has 6 heteroatoms. The maximum absolute atomic E-state index is 6.23. The highest BCUT2D eigenvalue weighted by Gasteiger charge is 2.14. The van der Waals surface area contributed by atoms with E-state index in [0.717, 1.165) is 15.7 Å². The van der Waals surface area contributed by atoms with Crippen molar-refractivity contribution in [3.63, 3.8) is 0 Å². The Kier molecular flexibility index (Phi) is 5.49. The molecular formula is C14H10BrCl4N. The highest BCUT2D eigenvalue weighted by Crippen LogP contribution is 2.36. The smallest absolute Gasteiger partial charge is 0.0782 e. The summed E-state index contributed by atoms with van der Waals surface area (Å²) in [6.07, 6.45) is 0. The van der Waals surface area contributed by atoms with Crippen molar-refractivity contribution >= 4 is 68.0 Å². The monoisotopic (exact) mass is 411 g/mol. The molecule has 0 aliphatic carbocycles. The molecule has 1 N–H and O–H groups in total. The first-order valence-corrected chi connectivity index (χ1v) is 8.05. The van der Waals surface area contributed by atoms with E-state index in [1.165, 1.54) is 0 Å². The second-order valence-electron chi connectivity index (χ2n) is 4.26. The Morgan fingerprint density at radius 2 is 1.60 bits per heavy atom. The van der Waals surface area contributed by atoms with Gasteiger partial charge < -0.3 is 5.32 Å². The standard InChI is InChI=1S/C14H10BrCl4N/c1-7(9-3-5-12(17)14(19)13(9)18)20-8-2-4-11(16)10(15)6-8/h2-7,20H,1H3. The molecule has 0 bridgehead atoms. The summed E-state index contributed by atoms with van der Waals surface area (Å²) in [4.78, 5) is 0. The molecular weight excluding hydrogens is 404 g/mol. The van der Waals surface area contributed by atoms with Crippen molar-refractivity contribution in [2.45, 2.75) is 13.0 Å². The molecule has 0 fully saturated rings. The van der Waals surface area contributed by atoms with E-state index < -0.39 is 0 Å². The summed E-state index contributed by atoms with van der Waals surface area (Å²) in [5, 5.41) is 5.28. The molecule has 2 rings (SSSR count). The molecule has 0 saturated carbocycles. The van der Waals surface area contributed by atoms with Gasteiger partial charge in [0.25, 0.3) is 0 Å². The minimum absolute atomic E-state index is 0.0228. The Balaban J connectivity index is 2.26. The van der Waals surface area contributed by atoms with Gasteiger partial charge in [-0.25, -0.2) is 0 Å². The minimum atomic E-state index is -0.0228. The third kappa shape index (κ3) is 3.55. The number of halogens is 5. The van der Waals surface area contributed by atoms with Crippen molar-refractivity contribution < 1.29 is 0 Å². The number of nitrogens with one attached hydrogen (secondary N) is 1. The summed E-state index contributed by atoms with van der Waals surface area (Å²) < 4.78 is 0.830. The van der Waals surface area contributed by atoms with Crippen molar-refractivity contribution in [1.29, 1.82) is 0 Å². The molecule has 2 aromatic carbocycles. The molecule has 0 aliphatic heterocycles. The zero-order valence-electron chi connectivity index (χ0n) is 10.4. The summed E-state index contributed by atoms with van der Waals surface area (Å²) in [5.74, 6) is 0. The number of benzene rings is 2. The lowest BCUT2D eigenvalue weighted by Crippen LogP contribution is -2.07. The fraction of sp³-hybridized carbons (Fsp3) is 0.143. The van der Waals surface area contributed by atoms with Crippen molar-refractivity contribution in [1.82, 2.24) is 0 Å². The lowest BCUT2D eigenvalue weighted by Gasteiger charge is -2.18. The van der Waals surface area contributed by atoms with Crippen LogP contribution in [0.25, 0.3) is 0 Å². The second-order valence-corrected chi connectivity index (χ2v) is 6.68. The number of anilines is 1. The van der Waals surface area contributed by atoms with Crippen molar-refractivity contribution in [3.05, 3.63) is 60.5 Å². The summed E-state index contributed by atoms with van der Waals surface area (Å²) in [6.45, 7) is 1.99. The SMILES string of the molecule is CC(Nc1ccc(Cl)c(Br)c1)c1ccc(Cl)c(Cl)c1Cl. The second kappa shape index (κ2) is 6.76. The van der Waals surface area contributed by atoms with Gasteiger partial charge in [0.2, 0.25) is 0 Å². The van der Waals surface area contributed by atoms with Crippen LogP contribution in [0.4, 0.5) is 5.69 Å². The van der Waals surface area contributed by atoms with Gasteiger partial charge in [-0.2, -0.15) is 0 Å². The van der Waals surface area contributed by atoms with Gasteiger partial charge in [-0.1, -0.05) is 52.5 Å². The molecule has 2 aromatic rings. The van der Waals surface area contributed by atoms with Gasteiger partial charge in [-0.05, 0) is 52.7 Å². The van der Waals surface area contributed by atoms with Gasteiger partial charge in [0.15, 0.2) is 0 Å². The zero-order valence-corrected chi connectivity index (χ0v) is 15.0. The van der Waals surface area contributed by atoms with E-state index in [-0.39, 0.29) is 6.04 Å². The van der Waals surface area contributed by atoms with E-state index in [1.807, 2.05) is 31.2 Å². The van der Waals surface area contributed by atoms with E-state index in [0.29, 0.717) is 20.1 Å². The van der Waals surface area contributed by atoms with Crippen molar-refractivity contribution in [3.8, 4) is 0 Å². The van der Waals surface area contributed by atoms with Crippen LogP contribution in [-0.2, 0) is 0 Å². The first kappa shape index (κ1) is 16.3. The molecule has 1 unspecified atom stereocenters. The summed E-state index contributed by atoms with van der Waals surface area (Å²) in [5.41, 5.74) is 1.81. The molecule has 106 valence electrons. The first-order valence-electron chi connectivity index (χ1n) is 5.75. The lowest BCUT2D eigenvalue weighted by atomic mass is 10.1. The van der Waals surface area contributed by atoms with Crippen molar-refractivity contribution in [2.24, 2.45) is 0 Å². The molecule has 0 heterocycles. The highest BCUT2D eigenvalue weighted by atomic mass is 79.9. The number of rotatable bonds is 3. The van der Waals surface area contributed by atoms with Crippen LogP contribution in [0.5, 0.6) is 0 Å². The molecule has 0 radical (unpaired) electrons. The molecule has 0 saturated heterocycles. The van der Waals surface area contributed by atoms with Crippen LogP contribution in [0.3, 0.4) is 0 Å². The van der Waals surface area contributed by atoms with E-state index in [2.05, 4.69) is 21.2 Å². The molecule has 1 nitrogen and oxygen atoms in total. The number of hydrogen-bond donors (Lipinski definition) is 1. The Hall–Kier alpha value is -0.120. The first-order chi connectivity index (χ1) is 9.40. The van der Waals surface area contributed by atoms with Gasteiger partial charge in [0, 0.05) is 10.2 Å². The van der Waals surface area contributed by atoms with Gasteiger partial charge in [-0.3, -0.25) is 0 Å². The quantitative estimate of drug-likeness (QED) is 0.523. The predicted molar refractivity (Wildman–Crippen MR) is 92.7 cm³/mol. The minimum Gasteiger partial charge on any atom is -0.378 e. The van der Waals surface area contributed by atoms with Gasteiger partial charge in [0.05, 0.1) is 26.1 Å². The fourth-order valence-corrected chi connectivity index (χ4v) is 2.99. The molecule has 20 heavy (non-hydrogen) atoms. The van der Waals surface area contributed by atoms with Crippen LogP contribution in [-0.4, -0.2) is 0 Å². The maximum Gasteiger partial charge on any atom is 0.0782 e. The van der Waals surface area contributed by atoms with E-state index >= 15 is 0 Å². The Morgan fingerprint density at radius 3 is 2.25 bits per heavy atom. The van der Waals surface area contributed by atoms with Gasteiger partial charge in [0.1, 0.15) is 0 Å². The largest absolute Gasteiger partial charge is 0.378 e. The van der Waals surface area contributed by atoms with E-state index in [4.69, 9.17) is 46.4 Å². The van der Waals surface area contributed by atoms with Crippen LogP contribution in [0, 0.1) is 0 Å². The van der Waals surface area contributed by atoms with Crippen LogP contribution in [0.15, 0.2) is 34.8 Å². The normalized spacial score (nSPS) is 12.3. The van der Waals surface area contributed by atoms with Crippen LogP contribution < -0.4 is 5.32 Å². The fourth-order valence-electron chi connectivity index (χ4n) is 1.79. The van der Waals surface area contributed by atoms with Crippen LogP contribution in [0.2, 0.25) is 20.1 Å². The average molecular weight is 414 g/mol. The number of hydrogen-bond acceptors (Lipinski definition) is 1. The Labute approximate surface area is 146 Å². The maximum atomic E-state index is 6.23. The van der Waals surface area contributed by atoms with Gasteiger partial charge >= 0.3 is 0 Å².